The number of hydrogen-bond acceptors (Lipinski definition) is 2. The molecule has 2 heteroatoms. The Labute approximate surface area is 89.2 Å². The monoisotopic (exact) mass is 202 g/mol. The normalized spacial score (nSPS) is 21.5. The minimum absolute atomic E-state index is 0.0487. The van der Waals surface area contributed by atoms with Crippen molar-refractivity contribution in [2.24, 2.45) is 0 Å². The Kier molecular flexibility index (Phi) is 2.14. The highest BCUT2D eigenvalue weighted by Gasteiger charge is 2.34. The van der Waals surface area contributed by atoms with Crippen LogP contribution in [-0.4, -0.2) is 10.9 Å². The molecule has 0 atom stereocenters. The zero-order chi connectivity index (χ0) is 11.1. The highest BCUT2D eigenvalue weighted by atomic mass is 16.2. The molecule has 0 amide bonds. The van der Waals surface area contributed by atoms with E-state index >= 15 is 0 Å². The van der Waals surface area contributed by atoms with Gasteiger partial charge in [-0.2, -0.15) is 0 Å². The summed E-state index contributed by atoms with van der Waals surface area (Å²) in [6, 6.07) is 7.61. The molecule has 2 nitrogen and oxygen atoms in total. The van der Waals surface area contributed by atoms with E-state index in [0.717, 1.165) is 11.8 Å². The number of benzene rings is 1. The number of rotatable bonds is 0. The summed E-state index contributed by atoms with van der Waals surface area (Å²) in [6.07, 6.45) is 1.54. The number of fused-ring (bicyclic) bond motifs is 1. The van der Waals surface area contributed by atoms with E-state index in [9.17, 15) is 4.79 Å². The predicted molar refractivity (Wildman–Crippen MR) is 59.1 cm³/mol. The second-order valence-corrected chi connectivity index (χ2v) is 4.59. The number of allylic oxidation sites excluding steroid dienone is 1. The van der Waals surface area contributed by atoms with E-state index in [1.807, 2.05) is 24.3 Å². The Balaban J connectivity index is 2.66. The Morgan fingerprint density at radius 1 is 1.33 bits per heavy atom. The molecule has 0 heterocycles. The van der Waals surface area contributed by atoms with Gasteiger partial charge in [0.2, 0.25) is 0 Å². The van der Waals surface area contributed by atoms with E-state index in [4.69, 9.17) is 5.11 Å². The van der Waals surface area contributed by atoms with E-state index < -0.39 is 0 Å². The molecule has 0 spiro atoms. The number of ketones is 1. The molecular formula is C13H14O2. The average Bonchev–Trinajstić information content (AvgIpc) is 2.24. The lowest BCUT2D eigenvalue weighted by molar-refractivity contribution is 0.101. The molecule has 0 saturated carbocycles. The molecule has 0 radical (unpaired) electrons. The fraction of sp³-hybridized carbons (Fsp3) is 0.308. The quantitative estimate of drug-likeness (QED) is 0.518. The van der Waals surface area contributed by atoms with Gasteiger partial charge in [-0.25, -0.2) is 0 Å². The molecule has 0 bridgehead atoms. The smallest absolute Gasteiger partial charge is 0.192 e. The van der Waals surface area contributed by atoms with Crippen LogP contribution in [0.25, 0.3) is 0 Å². The van der Waals surface area contributed by atoms with Crippen LogP contribution in [0.5, 0.6) is 0 Å². The van der Waals surface area contributed by atoms with Crippen molar-refractivity contribution < 1.29 is 9.90 Å². The maximum atomic E-state index is 11.9. The Bertz CT molecular complexity index is 442. The van der Waals surface area contributed by atoms with Crippen LogP contribution < -0.4 is 0 Å². The highest BCUT2D eigenvalue weighted by Crippen LogP contribution is 2.38. The number of hydrogen-bond donors (Lipinski definition) is 1. The molecular weight excluding hydrogens is 188 g/mol. The standard InChI is InChI=1S/C13H14O2/c1-13(2)7-9(8-14)12(15)10-5-3-4-6-11(10)13/h3-6,8,14H,7H2,1-2H3/b9-8-. The molecule has 1 aliphatic rings. The summed E-state index contributed by atoms with van der Waals surface area (Å²) in [5.74, 6) is -0.0487. The van der Waals surface area contributed by atoms with Gasteiger partial charge in [0.05, 0.1) is 6.26 Å². The minimum atomic E-state index is -0.0843. The summed E-state index contributed by atoms with van der Waals surface area (Å²) in [5, 5.41) is 9.04. The summed E-state index contributed by atoms with van der Waals surface area (Å²) >= 11 is 0. The van der Waals surface area contributed by atoms with Gasteiger partial charge in [-0.05, 0) is 17.4 Å². The van der Waals surface area contributed by atoms with Crippen molar-refractivity contribution in [2.45, 2.75) is 25.7 Å². The maximum absolute atomic E-state index is 11.9. The molecule has 15 heavy (non-hydrogen) atoms. The van der Waals surface area contributed by atoms with Gasteiger partial charge in [-0.15, -0.1) is 0 Å². The molecule has 0 aliphatic heterocycles. The first-order chi connectivity index (χ1) is 7.06. The lowest BCUT2D eigenvalue weighted by Gasteiger charge is -2.32. The van der Waals surface area contributed by atoms with Crippen LogP contribution in [0.15, 0.2) is 36.1 Å². The van der Waals surface area contributed by atoms with Gasteiger partial charge in [-0.1, -0.05) is 38.1 Å². The molecule has 1 aromatic rings. The lowest BCUT2D eigenvalue weighted by Crippen LogP contribution is -2.29. The predicted octanol–water partition coefficient (Wildman–Crippen LogP) is 2.99. The fourth-order valence-electron chi connectivity index (χ4n) is 2.20. The summed E-state index contributed by atoms with van der Waals surface area (Å²) in [4.78, 5) is 11.9. The number of carbonyl (C=O) groups is 1. The average molecular weight is 202 g/mol. The third-order valence-corrected chi connectivity index (χ3v) is 2.98. The molecule has 78 valence electrons. The first kappa shape index (κ1) is 9.97. The number of aliphatic hydroxyl groups is 1. The van der Waals surface area contributed by atoms with Crippen molar-refractivity contribution in [3.63, 3.8) is 0 Å². The van der Waals surface area contributed by atoms with Crippen molar-refractivity contribution >= 4 is 5.78 Å². The van der Waals surface area contributed by atoms with Crippen molar-refractivity contribution in [1.29, 1.82) is 0 Å². The van der Waals surface area contributed by atoms with Gasteiger partial charge in [0.1, 0.15) is 0 Å². The topological polar surface area (TPSA) is 37.3 Å². The molecule has 1 aromatic carbocycles. The lowest BCUT2D eigenvalue weighted by atomic mass is 9.70. The van der Waals surface area contributed by atoms with Crippen molar-refractivity contribution in [3.8, 4) is 0 Å². The first-order valence-corrected chi connectivity index (χ1v) is 5.04. The number of Topliss-reactive ketones (excluding diaryl/α,β-unsaturated/α-hetero) is 1. The second-order valence-electron chi connectivity index (χ2n) is 4.59. The van der Waals surface area contributed by atoms with E-state index in [1.165, 1.54) is 0 Å². The summed E-state index contributed by atoms with van der Waals surface area (Å²) in [7, 11) is 0. The van der Waals surface area contributed by atoms with Gasteiger partial charge in [0.15, 0.2) is 5.78 Å². The van der Waals surface area contributed by atoms with Crippen LogP contribution in [0.2, 0.25) is 0 Å². The molecule has 0 aromatic heterocycles. The summed E-state index contributed by atoms with van der Waals surface area (Å²) < 4.78 is 0. The zero-order valence-corrected chi connectivity index (χ0v) is 8.95. The van der Waals surface area contributed by atoms with Crippen molar-refractivity contribution in [3.05, 3.63) is 47.2 Å². The van der Waals surface area contributed by atoms with Gasteiger partial charge in [-0.3, -0.25) is 4.79 Å². The Hall–Kier alpha value is -1.57. The van der Waals surface area contributed by atoms with Crippen molar-refractivity contribution in [2.75, 3.05) is 0 Å². The molecule has 0 saturated heterocycles. The van der Waals surface area contributed by atoms with Crippen LogP contribution in [0.1, 0.15) is 36.2 Å². The van der Waals surface area contributed by atoms with Gasteiger partial charge in [0.25, 0.3) is 0 Å². The molecule has 0 fully saturated rings. The second kappa shape index (κ2) is 3.23. The van der Waals surface area contributed by atoms with E-state index in [1.54, 1.807) is 0 Å². The highest BCUT2D eigenvalue weighted by molar-refractivity contribution is 6.11. The molecule has 1 N–H and O–H groups in total. The van der Waals surface area contributed by atoms with Crippen LogP contribution in [0.4, 0.5) is 0 Å². The van der Waals surface area contributed by atoms with Crippen LogP contribution >= 0.6 is 0 Å². The number of carbonyl (C=O) groups excluding carboxylic acids is 1. The van der Waals surface area contributed by atoms with Gasteiger partial charge >= 0.3 is 0 Å². The van der Waals surface area contributed by atoms with Gasteiger partial charge in [0, 0.05) is 11.1 Å². The van der Waals surface area contributed by atoms with Crippen molar-refractivity contribution in [1.82, 2.24) is 0 Å². The Morgan fingerprint density at radius 2 is 2.00 bits per heavy atom. The molecule has 1 aliphatic carbocycles. The third kappa shape index (κ3) is 1.46. The van der Waals surface area contributed by atoms with E-state index in [0.29, 0.717) is 17.6 Å². The summed E-state index contributed by atoms with van der Waals surface area (Å²) in [6.45, 7) is 4.17. The van der Waals surface area contributed by atoms with Gasteiger partial charge < -0.3 is 5.11 Å². The van der Waals surface area contributed by atoms with E-state index in [-0.39, 0.29) is 11.2 Å². The van der Waals surface area contributed by atoms with Crippen LogP contribution in [0, 0.1) is 0 Å². The maximum Gasteiger partial charge on any atom is 0.192 e. The largest absolute Gasteiger partial charge is 0.515 e. The SMILES string of the molecule is CC1(C)C/C(=C/O)C(=O)c2ccccc21. The fourth-order valence-corrected chi connectivity index (χ4v) is 2.20. The number of aliphatic hydroxyl groups excluding tert-OH is 1. The minimum Gasteiger partial charge on any atom is -0.515 e. The van der Waals surface area contributed by atoms with Crippen LogP contribution in [0.3, 0.4) is 0 Å². The Morgan fingerprint density at radius 3 is 2.67 bits per heavy atom. The van der Waals surface area contributed by atoms with Crippen LogP contribution in [-0.2, 0) is 5.41 Å². The zero-order valence-electron chi connectivity index (χ0n) is 8.95. The molecule has 2 rings (SSSR count). The molecule has 0 unspecified atom stereocenters. The van der Waals surface area contributed by atoms with E-state index in [2.05, 4.69) is 13.8 Å². The third-order valence-electron chi connectivity index (χ3n) is 2.98. The first-order valence-electron chi connectivity index (χ1n) is 5.04. The summed E-state index contributed by atoms with van der Waals surface area (Å²) in [5.41, 5.74) is 2.20.